The first-order valence-electron chi connectivity index (χ1n) is 9.76. The minimum absolute atomic E-state index is 0.00891. The quantitative estimate of drug-likeness (QED) is 0.656. The average molecular weight is 402 g/mol. The molecule has 1 aliphatic heterocycles. The lowest BCUT2D eigenvalue weighted by molar-refractivity contribution is 0.0746. The Labute approximate surface area is 174 Å². The Kier molecular flexibility index (Phi) is 5.65. The predicted octanol–water partition coefficient (Wildman–Crippen LogP) is 2.78. The Morgan fingerprint density at radius 3 is 2.23 bits per heavy atom. The van der Waals surface area contributed by atoms with Crippen LogP contribution in [0.2, 0.25) is 0 Å². The highest BCUT2D eigenvalue weighted by Crippen LogP contribution is 2.18. The molecule has 0 saturated carbocycles. The van der Waals surface area contributed by atoms with Crippen LogP contribution in [0.5, 0.6) is 0 Å². The molecule has 3 aromatic rings. The third-order valence-electron chi connectivity index (χ3n) is 5.01. The van der Waals surface area contributed by atoms with Gasteiger partial charge in [-0.1, -0.05) is 12.1 Å². The lowest BCUT2D eigenvalue weighted by Gasteiger charge is -2.35. The van der Waals surface area contributed by atoms with Crippen molar-refractivity contribution >= 4 is 29.0 Å². The van der Waals surface area contributed by atoms with Crippen LogP contribution in [0.15, 0.2) is 60.9 Å². The number of nitrogens with zero attached hydrogens (tertiary/aromatic N) is 5. The molecular formula is C22H22N6O2. The second-order valence-corrected chi connectivity index (χ2v) is 7.06. The molecule has 1 aromatic carbocycles. The molecule has 0 atom stereocenters. The van der Waals surface area contributed by atoms with Gasteiger partial charge >= 0.3 is 0 Å². The van der Waals surface area contributed by atoms with Gasteiger partial charge in [0.1, 0.15) is 0 Å². The SMILES string of the molecule is CC(=O)c1ccc(C(=O)N2CCN(c3ccc(Nc4cccnc4)nn3)CC2)cc1. The van der Waals surface area contributed by atoms with Gasteiger partial charge in [0.25, 0.3) is 5.91 Å². The summed E-state index contributed by atoms with van der Waals surface area (Å²) in [5.74, 6) is 1.40. The van der Waals surface area contributed by atoms with E-state index >= 15 is 0 Å². The van der Waals surface area contributed by atoms with Crippen molar-refractivity contribution in [3.63, 3.8) is 0 Å². The van der Waals surface area contributed by atoms with Crippen LogP contribution in [0.1, 0.15) is 27.6 Å². The van der Waals surface area contributed by atoms with Crippen molar-refractivity contribution in [1.82, 2.24) is 20.1 Å². The summed E-state index contributed by atoms with van der Waals surface area (Å²) in [6, 6.07) is 14.4. The fourth-order valence-corrected chi connectivity index (χ4v) is 3.31. The van der Waals surface area contributed by atoms with Gasteiger partial charge in [0.2, 0.25) is 0 Å². The van der Waals surface area contributed by atoms with E-state index < -0.39 is 0 Å². The molecule has 0 spiro atoms. The molecule has 0 aliphatic carbocycles. The monoisotopic (exact) mass is 402 g/mol. The van der Waals surface area contributed by atoms with Crippen LogP contribution in [0, 0.1) is 0 Å². The lowest BCUT2D eigenvalue weighted by atomic mass is 10.1. The van der Waals surface area contributed by atoms with Crippen LogP contribution >= 0.6 is 0 Å². The Bertz CT molecular complexity index is 1010. The van der Waals surface area contributed by atoms with E-state index in [1.807, 2.05) is 29.2 Å². The van der Waals surface area contributed by atoms with Crippen LogP contribution in [0.4, 0.5) is 17.3 Å². The fraction of sp³-hybridized carbons (Fsp3) is 0.227. The molecule has 0 bridgehead atoms. The van der Waals surface area contributed by atoms with E-state index in [0.717, 1.165) is 11.5 Å². The van der Waals surface area contributed by atoms with Gasteiger partial charge in [-0.15, -0.1) is 10.2 Å². The summed E-state index contributed by atoms with van der Waals surface area (Å²) >= 11 is 0. The molecule has 1 saturated heterocycles. The van der Waals surface area contributed by atoms with E-state index in [2.05, 4.69) is 25.4 Å². The van der Waals surface area contributed by atoms with Crippen LogP contribution < -0.4 is 10.2 Å². The number of carbonyl (C=O) groups excluding carboxylic acids is 2. The second-order valence-electron chi connectivity index (χ2n) is 7.06. The number of ketones is 1. The van der Waals surface area contributed by atoms with Gasteiger partial charge in [-0.25, -0.2) is 0 Å². The number of Topliss-reactive ketones (excluding diaryl/α,β-unsaturated/α-hetero) is 1. The van der Waals surface area contributed by atoms with E-state index in [9.17, 15) is 9.59 Å². The van der Waals surface area contributed by atoms with Gasteiger partial charge < -0.3 is 15.1 Å². The first-order chi connectivity index (χ1) is 14.6. The molecule has 3 heterocycles. The minimum Gasteiger partial charge on any atom is -0.352 e. The highest BCUT2D eigenvalue weighted by Gasteiger charge is 2.23. The molecule has 4 rings (SSSR count). The topological polar surface area (TPSA) is 91.3 Å². The molecule has 1 amide bonds. The van der Waals surface area contributed by atoms with Crippen LogP contribution in [-0.2, 0) is 0 Å². The van der Waals surface area contributed by atoms with Gasteiger partial charge in [-0.05, 0) is 43.3 Å². The first-order valence-corrected chi connectivity index (χ1v) is 9.76. The standard InChI is InChI=1S/C22H22N6O2/c1-16(29)17-4-6-18(7-5-17)22(30)28-13-11-27(12-14-28)21-9-8-20(25-26-21)24-19-3-2-10-23-15-19/h2-10,15H,11-14H2,1H3,(H,24,25). The van der Waals surface area contributed by atoms with Crippen LogP contribution in [0.3, 0.4) is 0 Å². The number of benzene rings is 1. The molecule has 1 fully saturated rings. The van der Waals surface area contributed by atoms with Crippen molar-refractivity contribution in [2.45, 2.75) is 6.92 Å². The number of piperazine rings is 1. The van der Waals surface area contributed by atoms with E-state index in [1.165, 1.54) is 6.92 Å². The Morgan fingerprint density at radius 1 is 0.900 bits per heavy atom. The third kappa shape index (κ3) is 4.43. The first kappa shape index (κ1) is 19.5. The van der Waals surface area contributed by atoms with E-state index in [-0.39, 0.29) is 11.7 Å². The molecule has 152 valence electrons. The van der Waals surface area contributed by atoms with E-state index in [4.69, 9.17) is 0 Å². The smallest absolute Gasteiger partial charge is 0.253 e. The summed E-state index contributed by atoms with van der Waals surface area (Å²) in [6.07, 6.45) is 3.44. The summed E-state index contributed by atoms with van der Waals surface area (Å²) in [5, 5.41) is 11.7. The average Bonchev–Trinajstić information content (AvgIpc) is 2.80. The Morgan fingerprint density at radius 2 is 1.63 bits per heavy atom. The minimum atomic E-state index is -0.0214. The maximum Gasteiger partial charge on any atom is 0.253 e. The van der Waals surface area contributed by atoms with Gasteiger partial charge in [0.15, 0.2) is 17.4 Å². The summed E-state index contributed by atoms with van der Waals surface area (Å²) < 4.78 is 0. The van der Waals surface area contributed by atoms with Crippen molar-refractivity contribution in [3.8, 4) is 0 Å². The maximum atomic E-state index is 12.7. The number of nitrogens with one attached hydrogen (secondary N) is 1. The molecule has 2 aromatic heterocycles. The zero-order valence-electron chi connectivity index (χ0n) is 16.7. The van der Waals surface area contributed by atoms with Gasteiger partial charge in [-0.2, -0.15) is 0 Å². The van der Waals surface area contributed by atoms with Crippen molar-refractivity contribution in [2.24, 2.45) is 0 Å². The van der Waals surface area contributed by atoms with Crippen molar-refractivity contribution < 1.29 is 9.59 Å². The Balaban J connectivity index is 1.33. The number of carbonyl (C=O) groups is 2. The molecule has 30 heavy (non-hydrogen) atoms. The van der Waals surface area contributed by atoms with Gasteiger partial charge in [0, 0.05) is 43.5 Å². The normalized spacial score (nSPS) is 13.8. The zero-order valence-corrected chi connectivity index (χ0v) is 16.7. The van der Waals surface area contributed by atoms with Crippen molar-refractivity contribution in [2.75, 3.05) is 36.4 Å². The summed E-state index contributed by atoms with van der Waals surface area (Å²) in [4.78, 5) is 32.1. The van der Waals surface area contributed by atoms with Crippen molar-refractivity contribution in [3.05, 3.63) is 72.1 Å². The van der Waals surface area contributed by atoms with Crippen LogP contribution in [0.25, 0.3) is 0 Å². The molecule has 0 radical (unpaired) electrons. The number of amides is 1. The van der Waals surface area contributed by atoms with Gasteiger partial charge in [-0.3, -0.25) is 14.6 Å². The number of anilines is 3. The van der Waals surface area contributed by atoms with Gasteiger partial charge in [0.05, 0.1) is 11.9 Å². The summed E-state index contributed by atoms with van der Waals surface area (Å²) in [7, 11) is 0. The predicted molar refractivity (Wildman–Crippen MR) is 114 cm³/mol. The molecular weight excluding hydrogens is 380 g/mol. The van der Waals surface area contributed by atoms with Crippen LogP contribution in [-0.4, -0.2) is 58.0 Å². The number of rotatable bonds is 5. The zero-order chi connectivity index (χ0) is 20.9. The molecule has 1 N–H and O–H groups in total. The summed E-state index contributed by atoms with van der Waals surface area (Å²) in [6.45, 7) is 4.08. The largest absolute Gasteiger partial charge is 0.352 e. The molecule has 8 heteroatoms. The molecule has 1 aliphatic rings. The number of hydrogen-bond acceptors (Lipinski definition) is 7. The lowest BCUT2D eigenvalue weighted by Crippen LogP contribution is -2.49. The maximum absolute atomic E-state index is 12.7. The third-order valence-corrected chi connectivity index (χ3v) is 5.01. The molecule has 0 unspecified atom stereocenters. The Hall–Kier alpha value is -3.81. The van der Waals surface area contributed by atoms with E-state index in [1.54, 1.807) is 36.7 Å². The highest BCUT2D eigenvalue weighted by molar-refractivity contribution is 5.97. The highest BCUT2D eigenvalue weighted by atomic mass is 16.2. The molecule has 8 nitrogen and oxygen atoms in total. The number of pyridine rings is 1. The van der Waals surface area contributed by atoms with E-state index in [0.29, 0.717) is 43.1 Å². The second kappa shape index (κ2) is 8.69. The number of aromatic nitrogens is 3. The van der Waals surface area contributed by atoms with Crippen molar-refractivity contribution in [1.29, 1.82) is 0 Å². The summed E-state index contributed by atoms with van der Waals surface area (Å²) in [5.41, 5.74) is 2.05. The number of hydrogen-bond donors (Lipinski definition) is 1. The fourth-order valence-electron chi connectivity index (χ4n) is 3.31.